The zero-order chi connectivity index (χ0) is 39.5. The predicted molar refractivity (Wildman–Crippen MR) is 248 cm³/mol. The third-order valence-electron chi connectivity index (χ3n) is 12.3. The van der Waals surface area contributed by atoms with Gasteiger partial charge in [-0.3, -0.25) is 0 Å². The van der Waals surface area contributed by atoms with Gasteiger partial charge in [0, 0.05) is 39.1 Å². The van der Waals surface area contributed by atoms with Crippen molar-refractivity contribution in [1.82, 2.24) is 0 Å². The summed E-state index contributed by atoms with van der Waals surface area (Å²) in [6, 6.07) is 76.9. The number of hydrogen-bond donors (Lipinski definition) is 0. The molecule has 0 saturated carbocycles. The van der Waals surface area contributed by atoms with Gasteiger partial charge in [-0.25, -0.2) is 0 Å². The van der Waals surface area contributed by atoms with Crippen molar-refractivity contribution in [2.75, 3.05) is 4.90 Å². The lowest BCUT2D eigenvalue weighted by molar-refractivity contribution is 0.660. The summed E-state index contributed by atoms with van der Waals surface area (Å²) in [5.41, 5.74) is 19.5. The Morgan fingerprint density at radius 2 is 0.898 bits per heavy atom. The molecule has 280 valence electrons. The number of furan rings is 1. The van der Waals surface area contributed by atoms with Gasteiger partial charge in [-0.2, -0.15) is 0 Å². The van der Waals surface area contributed by atoms with Crippen molar-refractivity contribution in [2.45, 2.75) is 19.3 Å². The minimum absolute atomic E-state index is 0.124. The third-order valence-corrected chi connectivity index (χ3v) is 12.3. The Morgan fingerprint density at radius 1 is 0.356 bits per heavy atom. The first-order chi connectivity index (χ1) is 29.1. The Kier molecular flexibility index (Phi) is 8.20. The summed E-state index contributed by atoms with van der Waals surface area (Å²) in [4.78, 5) is 2.47. The SMILES string of the molecule is CC1(C)c2ccccc2-c2c(-c3ccccc3N(c3ccc4c(c3)oc3ccccc34)c3cccc(-c4ccccc4)c3-c3ccccc3-c3ccccc3)cccc21. The van der Waals surface area contributed by atoms with Gasteiger partial charge in [-0.15, -0.1) is 0 Å². The Morgan fingerprint density at radius 3 is 1.69 bits per heavy atom. The number of nitrogens with zero attached hydrogens (tertiary/aromatic N) is 1. The van der Waals surface area contributed by atoms with E-state index in [9.17, 15) is 0 Å². The molecular formula is C57H41NO. The van der Waals surface area contributed by atoms with E-state index in [4.69, 9.17) is 4.42 Å². The molecule has 1 heterocycles. The highest BCUT2D eigenvalue weighted by atomic mass is 16.3. The molecule has 1 aromatic heterocycles. The van der Waals surface area contributed by atoms with Gasteiger partial charge in [-0.05, 0) is 86.0 Å². The summed E-state index contributed by atoms with van der Waals surface area (Å²) in [7, 11) is 0. The number of para-hydroxylation sites is 2. The summed E-state index contributed by atoms with van der Waals surface area (Å²) < 4.78 is 6.61. The maximum atomic E-state index is 6.61. The molecule has 1 aliphatic rings. The van der Waals surface area contributed by atoms with Crippen molar-refractivity contribution in [3.05, 3.63) is 223 Å². The molecular weight excluding hydrogens is 715 g/mol. The van der Waals surface area contributed by atoms with Crippen LogP contribution in [0.25, 0.3) is 77.6 Å². The van der Waals surface area contributed by atoms with Crippen molar-refractivity contribution in [1.29, 1.82) is 0 Å². The summed E-state index contributed by atoms with van der Waals surface area (Å²) in [5.74, 6) is 0. The molecule has 0 fully saturated rings. The molecule has 0 unspecified atom stereocenters. The topological polar surface area (TPSA) is 16.4 Å². The zero-order valence-corrected chi connectivity index (χ0v) is 33.1. The molecule has 2 nitrogen and oxygen atoms in total. The molecule has 10 aromatic rings. The monoisotopic (exact) mass is 755 g/mol. The number of hydrogen-bond acceptors (Lipinski definition) is 2. The Hall–Kier alpha value is -7.42. The van der Waals surface area contributed by atoms with Crippen LogP contribution < -0.4 is 4.90 Å². The highest BCUT2D eigenvalue weighted by Gasteiger charge is 2.37. The molecule has 9 aromatic carbocycles. The summed E-state index contributed by atoms with van der Waals surface area (Å²) in [6.07, 6.45) is 0. The highest BCUT2D eigenvalue weighted by molar-refractivity contribution is 6.08. The van der Waals surface area contributed by atoms with Gasteiger partial charge < -0.3 is 9.32 Å². The van der Waals surface area contributed by atoms with Crippen LogP contribution in [0.3, 0.4) is 0 Å². The van der Waals surface area contributed by atoms with Crippen molar-refractivity contribution < 1.29 is 4.42 Å². The molecule has 0 amide bonds. The first kappa shape index (κ1) is 34.8. The number of fused-ring (bicyclic) bond motifs is 6. The van der Waals surface area contributed by atoms with E-state index in [-0.39, 0.29) is 5.41 Å². The lowest BCUT2D eigenvalue weighted by Crippen LogP contribution is -2.15. The Balaban J connectivity index is 1.24. The van der Waals surface area contributed by atoms with E-state index in [1.807, 2.05) is 6.07 Å². The van der Waals surface area contributed by atoms with E-state index in [0.29, 0.717) is 0 Å². The second-order valence-corrected chi connectivity index (χ2v) is 16.0. The van der Waals surface area contributed by atoms with Crippen molar-refractivity contribution >= 4 is 39.0 Å². The van der Waals surface area contributed by atoms with Crippen LogP contribution in [0.15, 0.2) is 217 Å². The maximum absolute atomic E-state index is 6.61. The van der Waals surface area contributed by atoms with Crippen LogP contribution in [0.4, 0.5) is 17.1 Å². The van der Waals surface area contributed by atoms with E-state index in [1.165, 1.54) is 38.9 Å². The lowest BCUT2D eigenvalue weighted by Gasteiger charge is -2.32. The Labute approximate surface area is 345 Å². The van der Waals surface area contributed by atoms with Crippen LogP contribution in [-0.4, -0.2) is 0 Å². The molecule has 0 atom stereocenters. The molecule has 2 heteroatoms. The largest absolute Gasteiger partial charge is 0.456 e. The van der Waals surface area contributed by atoms with Crippen LogP contribution in [0, 0.1) is 0 Å². The zero-order valence-electron chi connectivity index (χ0n) is 33.1. The van der Waals surface area contributed by atoms with Crippen molar-refractivity contribution in [3.8, 4) is 55.6 Å². The normalized spacial score (nSPS) is 12.7. The molecule has 0 aliphatic heterocycles. The van der Waals surface area contributed by atoms with Crippen LogP contribution in [0.2, 0.25) is 0 Å². The van der Waals surface area contributed by atoms with Gasteiger partial charge in [0.15, 0.2) is 0 Å². The van der Waals surface area contributed by atoms with Crippen LogP contribution in [0.1, 0.15) is 25.0 Å². The van der Waals surface area contributed by atoms with Gasteiger partial charge >= 0.3 is 0 Å². The third kappa shape index (κ3) is 5.63. The molecule has 59 heavy (non-hydrogen) atoms. The molecule has 11 rings (SSSR count). The Bertz CT molecular complexity index is 3190. The molecule has 0 radical (unpaired) electrons. The first-order valence-electron chi connectivity index (χ1n) is 20.4. The predicted octanol–water partition coefficient (Wildman–Crippen LogP) is 16.0. The average molecular weight is 756 g/mol. The van der Waals surface area contributed by atoms with E-state index in [2.05, 4.69) is 225 Å². The maximum Gasteiger partial charge on any atom is 0.137 e. The molecule has 0 spiro atoms. The van der Waals surface area contributed by atoms with Gasteiger partial charge in [0.2, 0.25) is 0 Å². The fraction of sp³-hybridized carbons (Fsp3) is 0.0526. The summed E-state index contributed by atoms with van der Waals surface area (Å²) in [5, 5.41) is 2.22. The van der Waals surface area contributed by atoms with Crippen LogP contribution in [0.5, 0.6) is 0 Å². The minimum Gasteiger partial charge on any atom is -0.456 e. The number of rotatable bonds is 7. The number of anilines is 3. The minimum atomic E-state index is -0.124. The molecule has 0 N–H and O–H groups in total. The fourth-order valence-corrected chi connectivity index (χ4v) is 9.58. The summed E-state index contributed by atoms with van der Waals surface area (Å²) in [6.45, 7) is 4.71. The summed E-state index contributed by atoms with van der Waals surface area (Å²) >= 11 is 0. The van der Waals surface area contributed by atoms with Gasteiger partial charge in [0.25, 0.3) is 0 Å². The molecule has 0 saturated heterocycles. The quantitative estimate of drug-likeness (QED) is 0.161. The van der Waals surface area contributed by atoms with Crippen LogP contribution in [-0.2, 0) is 5.41 Å². The van der Waals surface area contributed by atoms with E-state index in [1.54, 1.807) is 0 Å². The van der Waals surface area contributed by atoms with Gasteiger partial charge in [0.1, 0.15) is 11.2 Å². The highest BCUT2D eigenvalue weighted by Crippen LogP contribution is 2.55. The second kappa shape index (κ2) is 13.9. The fourth-order valence-electron chi connectivity index (χ4n) is 9.58. The van der Waals surface area contributed by atoms with Gasteiger partial charge in [-0.1, -0.05) is 190 Å². The first-order valence-corrected chi connectivity index (χ1v) is 20.4. The van der Waals surface area contributed by atoms with Crippen molar-refractivity contribution in [3.63, 3.8) is 0 Å². The van der Waals surface area contributed by atoms with E-state index >= 15 is 0 Å². The van der Waals surface area contributed by atoms with E-state index in [0.717, 1.165) is 66.8 Å². The van der Waals surface area contributed by atoms with Crippen molar-refractivity contribution in [2.24, 2.45) is 0 Å². The molecule has 1 aliphatic carbocycles. The van der Waals surface area contributed by atoms with E-state index < -0.39 is 0 Å². The number of benzene rings is 9. The van der Waals surface area contributed by atoms with Gasteiger partial charge in [0.05, 0.1) is 11.4 Å². The smallest absolute Gasteiger partial charge is 0.137 e. The average Bonchev–Trinajstić information content (AvgIpc) is 3.78. The standard InChI is InChI=1S/C57H41NO/c1-57(2)49-30-14-11-27-48(49)55-47(29-17-31-50(55)57)43-24-12-15-32-51(43)58(40-35-36-45-44-25-13-16-34-53(44)59-54(45)37-40)52-33-18-28-42(39-21-7-4-8-22-39)56(52)46-26-10-9-23-41(46)38-19-5-3-6-20-38/h3-37H,1-2H3. The van der Waals surface area contributed by atoms with Crippen LogP contribution >= 0.6 is 0 Å². The second-order valence-electron chi connectivity index (χ2n) is 16.0. The molecule has 0 bridgehead atoms. The lowest BCUT2D eigenvalue weighted by atomic mass is 9.82.